The SMILES string of the molecule is CCC(C)=O.CCC(C)OC.CCCOC.COCC(C)C.[3H]C.[3H][3H].[3H][3H]. The summed E-state index contributed by atoms with van der Waals surface area (Å²) in [5, 5.41) is 0. The lowest BCUT2D eigenvalue weighted by Crippen LogP contribution is -2.00. The van der Waals surface area contributed by atoms with E-state index in [2.05, 4.69) is 34.6 Å². The van der Waals surface area contributed by atoms with Crippen LogP contribution in [-0.4, -0.2) is 46.4 Å². The van der Waals surface area contributed by atoms with Crippen molar-refractivity contribution >= 4 is 5.78 Å². The largest absolute Gasteiger partial charge is 0.385 e. The summed E-state index contributed by atoms with van der Waals surface area (Å²) in [5.74, 6) is 0.931. The summed E-state index contributed by atoms with van der Waals surface area (Å²) in [4.78, 5) is 9.81. The summed E-state index contributed by atoms with van der Waals surface area (Å²) in [6.07, 6.45) is 3.33. The van der Waals surface area contributed by atoms with E-state index in [-0.39, 0.29) is 5.78 Å². The van der Waals surface area contributed by atoms with Crippen LogP contribution >= 0.6 is 0 Å². The molecular formula is C19H50O4. The lowest BCUT2D eigenvalue weighted by Gasteiger charge is -2.01. The Bertz CT molecular complexity index is 195. The third-order valence-electron chi connectivity index (χ3n) is 2.38. The van der Waals surface area contributed by atoms with Gasteiger partial charge in [0, 0.05) is 48.3 Å². The highest BCUT2D eigenvalue weighted by Gasteiger charge is 1.88. The number of hydrogen-bond acceptors (Lipinski definition) is 4. The van der Waals surface area contributed by atoms with Crippen molar-refractivity contribution in [3.05, 3.63) is 0 Å². The third-order valence-corrected chi connectivity index (χ3v) is 2.38. The smallest absolute Gasteiger partial charge is 0.129 e. The Morgan fingerprint density at radius 2 is 1.57 bits per heavy atom. The topological polar surface area (TPSA) is 44.8 Å². The minimum absolute atomic E-state index is 0.255. The molecule has 0 saturated heterocycles. The number of methoxy groups -OCH3 is 3. The molecule has 0 N–H and O–H groups in total. The molecule has 0 rings (SSSR count). The second-order valence-electron chi connectivity index (χ2n) is 5.35. The maximum Gasteiger partial charge on any atom is 0.129 e. The van der Waals surface area contributed by atoms with E-state index in [1.807, 2.05) is 6.92 Å². The number of ketones is 1. The summed E-state index contributed by atoms with van der Waals surface area (Å²) in [6.45, 7) is 15.7. The maximum absolute atomic E-state index is 9.81. The van der Waals surface area contributed by atoms with Gasteiger partial charge >= 0.3 is 0 Å². The van der Waals surface area contributed by atoms with E-state index in [1.165, 1.54) is 7.40 Å². The average Bonchev–Trinajstić information content (AvgIpc) is 2.73. The first-order valence-electron chi connectivity index (χ1n) is 11.3. The van der Waals surface area contributed by atoms with Crippen LogP contribution in [0.1, 0.15) is 82.4 Å². The van der Waals surface area contributed by atoms with E-state index in [0.717, 1.165) is 26.1 Å². The predicted molar refractivity (Wildman–Crippen MR) is 108 cm³/mol. The van der Waals surface area contributed by atoms with Gasteiger partial charge in [0.1, 0.15) is 5.78 Å². The molecule has 0 aromatic heterocycles. The van der Waals surface area contributed by atoms with E-state index in [1.54, 1.807) is 28.3 Å². The van der Waals surface area contributed by atoms with Gasteiger partial charge in [-0.25, -0.2) is 0 Å². The van der Waals surface area contributed by atoms with Crippen LogP contribution in [0.3, 0.4) is 0 Å². The molecule has 4 nitrogen and oxygen atoms in total. The van der Waals surface area contributed by atoms with E-state index in [0.29, 0.717) is 18.4 Å². The van der Waals surface area contributed by atoms with Gasteiger partial charge < -0.3 is 19.0 Å². The van der Waals surface area contributed by atoms with Gasteiger partial charge in [-0.1, -0.05) is 42.0 Å². The minimum Gasteiger partial charge on any atom is -0.385 e. The van der Waals surface area contributed by atoms with Gasteiger partial charge in [-0.15, -0.1) is 0 Å². The molecule has 0 bridgehead atoms. The number of ether oxygens (including phenoxy) is 3. The molecule has 4 heteroatoms. The van der Waals surface area contributed by atoms with Crippen molar-refractivity contribution in [2.75, 3.05) is 34.5 Å². The standard InChI is InChI=1S/2C5H12O.C4H10O.C4H8O.CH4.2H2/c1-5(2)4-6-3;1-4-5(2)6-3;1-3-4-5-2;1-3-4(2)5;;;/h2*5H,4H2,1-3H3;3-4H2,1-2H3;3H2,1-2H3;1H4;2*1H/i;;;;1T;2*1+2T. The van der Waals surface area contributed by atoms with Gasteiger partial charge in [-0.05, 0) is 32.6 Å². The Kier molecular flexibility index (Phi) is 35.8. The molecule has 1 atom stereocenters. The highest BCUT2D eigenvalue weighted by molar-refractivity contribution is 5.74. The van der Waals surface area contributed by atoms with Crippen LogP contribution in [0, 0.1) is 5.92 Å². The zero-order chi connectivity index (χ0) is 24.4. The van der Waals surface area contributed by atoms with Crippen molar-refractivity contribution in [2.45, 2.75) is 81.2 Å². The lowest BCUT2D eigenvalue weighted by molar-refractivity contribution is -0.116. The first-order valence-corrected chi connectivity index (χ1v) is 8.27. The second-order valence-corrected chi connectivity index (χ2v) is 5.35. The van der Waals surface area contributed by atoms with Gasteiger partial charge in [-0.2, -0.15) is 0 Å². The Hall–Kier alpha value is -0.450. The second kappa shape index (κ2) is 33.2. The van der Waals surface area contributed by atoms with Crippen molar-refractivity contribution in [2.24, 2.45) is 5.92 Å². The molecule has 0 aromatic carbocycles. The fourth-order valence-corrected chi connectivity index (χ4v) is 0.704. The molecule has 0 aliphatic rings. The van der Waals surface area contributed by atoms with Crippen LogP contribution in [-0.2, 0) is 19.0 Å². The summed E-state index contributed by atoms with van der Waals surface area (Å²) < 4.78 is 40.1. The summed E-state index contributed by atoms with van der Waals surface area (Å²) in [6, 6.07) is 0. The van der Waals surface area contributed by atoms with Crippen LogP contribution in [0.25, 0.3) is 0 Å². The first kappa shape index (κ1) is 24.8. The summed E-state index contributed by atoms with van der Waals surface area (Å²) in [5.41, 5.74) is 0. The van der Waals surface area contributed by atoms with Gasteiger partial charge in [0.15, 0.2) is 0 Å². The van der Waals surface area contributed by atoms with Crippen molar-refractivity contribution < 1.29 is 26.3 Å². The Morgan fingerprint density at radius 1 is 1.13 bits per heavy atom. The summed E-state index contributed by atoms with van der Waals surface area (Å²) in [7, 11) is 6.41. The van der Waals surface area contributed by atoms with Crippen LogP contribution in [0.5, 0.6) is 0 Å². The van der Waals surface area contributed by atoms with Gasteiger partial charge in [0.05, 0.1) is 6.10 Å². The third kappa shape index (κ3) is 74.0. The van der Waals surface area contributed by atoms with Crippen molar-refractivity contribution in [1.82, 2.24) is 0 Å². The van der Waals surface area contributed by atoms with Crippen LogP contribution < -0.4 is 0 Å². The molecule has 0 heterocycles. The Morgan fingerprint density at radius 3 is 1.57 bits per heavy atom. The number of hydrogen-bond donors (Lipinski definition) is 0. The molecule has 0 spiro atoms. The molecule has 1 unspecified atom stereocenters. The lowest BCUT2D eigenvalue weighted by atomic mass is 10.2. The number of rotatable bonds is 7. The molecular weight excluding hydrogens is 292 g/mol. The first-order chi connectivity index (χ1) is 13.3. The van der Waals surface area contributed by atoms with Gasteiger partial charge in [0.2, 0.25) is 0 Å². The zero-order valence-corrected chi connectivity index (χ0v) is 17.8. The summed E-state index contributed by atoms with van der Waals surface area (Å²) >= 11 is 0. The Labute approximate surface area is 154 Å². The normalized spacial score (nSPS) is 10.9. The molecule has 150 valence electrons. The molecule has 0 amide bonds. The van der Waals surface area contributed by atoms with Gasteiger partial charge in [-0.3, -0.25) is 0 Å². The fraction of sp³-hybridized carbons (Fsp3) is 0.947. The predicted octanol–water partition coefficient (Wildman–Crippen LogP) is 5.88. The van der Waals surface area contributed by atoms with E-state index >= 15 is 0 Å². The molecule has 0 aliphatic heterocycles. The van der Waals surface area contributed by atoms with Crippen molar-refractivity contribution in [1.29, 1.82) is 0 Å². The van der Waals surface area contributed by atoms with E-state index in [4.69, 9.17) is 21.5 Å². The number of carbonyl (C=O) groups is 1. The molecule has 0 saturated carbocycles. The van der Waals surface area contributed by atoms with Gasteiger partial charge in [0.25, 0.3) is 0 Å². The molecule has 0 fully saturated rings. The fourth-order valence-electron chi connectivity index (χ4n) is 0.704. The molecule has 0 aromatic rings. The number of Topliss-reactive ketones (excluding diaryl/α,β-unsaturated/α-hetero) is 1. The quantitative estimate of drug-likeness (QED) is 0.574. The molecule has 0 aliphatic carbocycles. The zero-order valence-electron chi connectivity index (χ0n) is 22.8. The monoisotopic (exact) mass is 352 g/mol. The van der Waals surface area contributed by atoms with E-state index in [9.17, 15) is 4.79 Å². The highest BCUT2D eigenvalue weighted by atomic mass is 16.5. The van der Waals surface area contributed by atoms with Crippen LogP contribution in [0.4, 0.5) is 0 Å². The van der Waals surface area contributed by atoms with Crippen LogP contribution in [0.15, 0.2) is 0 Å². The maximum atomic E-state index is 9.81. The minimum atomic E-state index is 0.255. The van der Waals surface area contributed by atoms with Crippen molar-refractivity contribution in [3.8, 4) is 0 Å². The average molecular weight is 353 g/mol. The molecule has 0 radical (unpaired) electrons. The van der Waals surface area contributed by atoms with Crippen LogP contribution in [0.2, 0.25) is 0 Å². The Balaban J connectivity index is -0.0000000385. The van der Waals surface area contributed by atoms with E-state index < -0.39 is 0 Å². The van der Waals surface area contributed by atoms with Crippen molar-refractivity contribution in [3.63, 3.8) is 0 Å². The number of carbonyl (C=O) groups excluding carboxylic acids is 1. The molecule has 23 heavy (non-hydrogen) atoms. The highest BCUT2D eigenvalue weighted by Crippen LogP contribution is 1.90.